The van der Waals surface area contributed by atoms with E-state index >= 15 is 0 Å². The summed E-state index contributed by atoms with van der Waals surface area (Å²) < 4.78 is 33.9. The fraction of sp³-hybridized carbons (Fsp3) is 0.136. The van der Waals surface area contributed by atoms with Gasteiger partial charge < -0.3 is 4.74 Å². The number of amidine groups is 3. The molecule has 0 saturated carbocycles. The highest BCUT2D eigenvalue weighted by atomic mass is 32.2. The molecule has 1 N–H and O–H groups in total. The van der Waals surface area contributed by atoms with Crippen molar-refractivity contribution in [3.63, 3.8) is 0 Å². The van der Waals surface area contributed by atoms with Gasteiger partial charge in [0.15, 0.2) is 0 Å². The highest BCUT2D eigenvalue weighted by Gasteiger charge is 2.42. The summed E-state index contributed by atoms with van der Waals surface area (Å²) >= 11 is 0.746. The molecule has 0 radical (unpaired) electrons. The first-order valence-corrected chi connectivity index (χ1v) is 12.2. The Balaban J connectivity index is 1.55. The molecule has 9 nitrogen and oxygen atoms in total. The molecule has 2 aliphatic heterocycles. The molecular formula is C22H18N4O5S2. The predicted molar refractivity (Wildman–Crippen MR) is 127 cm³/mol. The molecular weight excluding hydrogens is 464 g/mol. The van der Waals surface area contributed by atoms with Crippen LogP contribution in [0.3, 0.4) is 0 Å². The SMILES string of the molecule is CCS(=O)(=O)C1=NSC2=NC(=O)/C(=C\c3ccc(OC(=O)c4ccc(C)cc4)cc3)C(=N)N21. The second kappa shape index (κ2) is 8.75. The van der Waals surface area contributed by atoms with Gasteiger partial charge >= 0.3 is 5.97 Å². The van der Waals surface area contributed by atoms with Gasteiger partial charge in [-0.3, -0.25) is 10.2 Å². The molecule has 2 aromatic carbocycles. The summed E-state index contributed by atoms with van der Waals surface area (Å²) in [5, 5.41) is 8.14. The normalized spacial score (nSPS) is 17.0. The minimum Gasteiger partial charge on any atom is -0.423 e. The smallest absolute Gasteiger partial charge is 0.343 e. The van der Waals surface area contributed by atoms with Crippen molar-refractivity contribution in [1.82, 2.24) is 4.90 Å². The van der Waals surface area contributed by atoms with E-state index in [2.05, 4.69) is 9.39 Å². The van der Waals surface area contributed by atoms with E-state index in [-0.39, 0.29) is 27.5 Å². The number of aliphatic imine (C=N–C) groups is 1. The third-order valence-electron chi connectivity index (χ3n) is 4.84. The quantitative estimate of drug-likeness (QED) is 0.306. The summed E-state index contributed by atoms with van der Waals surface area (Å²) in [4.78, 5) is 29.7. The van der Waals surface area contributed by atoms with Crippen molar-refractivity contribution < 1.29 is 22.7 Å². The van der Waals surface area contributed by atoms with E-state index in [1.165, 1.54) is 13.0 Å². The van der Waals surface area contributed by atoms with Crippen LogP contribution >= 0.6 is 11.9 Å². The Labute approximate surface area is 194 Å². The molecule has 0 atom stereocenters. The van der Waals surface area contributed by atoms with Crippen molar-refractivity contribution in [1.29, 1.82) is 5.41 Å². The molecule has 0 spiro atoms. The number of esters is 1. The number of benzene rings is 2. The lowest BCUT2D eigenvalue weighted by atomic mass is 10.1. The maximum atomic E-state index is 12.5. The minimum absolute atomic E-state index is 0.0348. The molecule has 168 valence electrons. The van der Waals surface area contributed by atoms with Crippen molar-refractivity contribution in [3.8, 4) is 5.75 Å². The van der Waals surface area contributed by atoms with Crippen LogP contribution in [0, 0.1) is 12.3 Å². The number of sulfone groups is 1. The van der Waals surface area contributed by atoms with Gasteiger partial charge in [-0.2, -0.15) is 9.39 Å². The number of hydrogen-bond donors (Lipinski definition) is 1. The van der Waals surface area contributed by atoms with E-state index in [0.717, 1.165) is 22.4 Å². The third kappa shape index (κ3) is 4.50. The maximum Gasteiger partial charge on any atom is 0.343 e. The molecule has 0 unspecified atom stereocenters. The highest BCUT2D eigenvalue weighted by molar-refractivity contribution is 8.16. The van der Waals surface area contributed by atoms with Gasteiger partial charge in [-0.15, -0.1) is 0 Å². The maximum absolute atomic E-state index is 12.5. The lowest BCUT2D eigenvalue weighted by Gasteiger charge is -2.24. The van der Waals surface area contributed by atoms with E-state index in [0.29, 0.717) is 16.9 Å². The van der Waals surface area contributed by atoms with Gasteiger partial charge in [0.05, 0.1) is 28.8 Å². The summed E-state index contributed by atoms with van der Waals surface area (Å²) in [7, 11) is -3.71. The first-order valence-electron chi connectivity index (χ1n) is 9.80. The third-order valence-corrected chi connectivity index (χ3v) is 7.25. The number of fused-ring (bicyclic) bond motifs is 1. The van der Waals surface area contributed by atoms with Gasteiger partial charge in [-0.1, -0.05) is 36.8 Å². The zero-order chi connectivity index (χ0) is 23.8. The molecule has 0 bridgehead atoms. The van der Waals surface area contributed by atoms with Crippen LogP contribution in [0.5, 0.6) is 5.75 Å². The van der Waals surface area contributed by atoms with Crippen molar-refractivity contribution in [2.24, 2.45) is 9.39 Å². The average molecular weight is 483 g/mol. The van der Waals surface area contributed by atoms with Crippen LogP contribution in [0.15, 0.2) is 63.5 Å². The van der Waals surface area contributed by atoms with Gasteiger partial charge in [0.1, 0.15) is 11.6 Å². The van der Waals surface area contributed by atoms with Gasteiger partial charge in [0.25, 0.3) is 5.91 Å². The second-order valence-corrected chi connectivity index (χ2v) is 10.0. The van der Waals surface area contributed by atoms with Crippen molar-refractivity contribution in [2.75, 3.05) is 5.75 Å². The predicted octanol–water partition coefficient (Wildman–Crippen LogP) is 3.23. The lowest BCUT2D eigenvalue weighted by molar-refractivity contribution is -0.114. The fourth-order valence-electron chi connectivity index (χ4n) is 2.98. The molecule has 1 amide bonds. The molecule has 0 aliphatic carbocycles. The Morgan fingerprint density at radius 1 is 1.15 bits per heavy atom. The fourth-order valence-corrected chi connectivity index (χ4v) is 4.95. The summed E-state index contributed by atoms with van der Waals surface area (Å²) in [6.07, 6.45) is 1.43. The van der Waals surface area contributed by atoms with Crippen LogP contribution in [0.2, 0.25) is 0 Å². The number of aryl methyl sites for hydroxylation is 1. The molecule has 0 fully saturated rings. The largest absolute Gasteiger partial charge is 0.423 e. The van der Waals surface area contributed by atoms with Gasteiger partial charge in [-0.25, -0.2) is 18.1 Å². The zero-order valence-electron chi connectivity index (χ0n) is 17.6. The molecule has 2 heterocycles. The topological polar surface area (TPSA) is 129 Å². The first kappa shape index (κ1) is 22.6. The number of ether oxygens (including phenoxy) is 1. The van der Waals surface area contributed by atoms with Crippen LogP contribution in [0.1, 0.15) is 28.4 Å². The van der Waals surface area contributed by atoms with Gasteiger partial charge in [-0.05, 0) is 42.8 Å². The summed E-state index contributed by atoms with van der Waals surface area (Å²) in [6.45, 7) is 3.39. The Kier molecular flexibility index (Phi) is 6.00. The van der Waals surface area contributed by atoms with Crippen LogP contribution < -0.4 is 4.74 Å². The summed E-state index contributed by atoms with van der Waals surface area (Å²) in [6, 6.07) is 13.3. The first-order chi connectivity index (χ1) is 15.7. The standard InChI is InChI=1S/C22H18N4O5S2/c1-3-33(29,30)22-25-32-21-24-19(27)17(18(23)26(21)22)12-14-6-10-16(11-7-14)31-20(28)15-8-4-13(2)5-9-15/h4-12,23H,3H2,1-2H3/b17-12-,23-18?. The Morgan fingerprint density at radius 3 is 2.45 bits per heavy atom. The van der Waals surface area contributed by atoms with Crippen molar-refractivity contribution in [2.45, 2.75) is 13.8 Å². The summed E-state index contributed by atoms with van der Waals surface area (Å²) in [5.41, 5.74) is 1.91. The number of nitrogens with zero attached hydrogens (tertiary/aromatic N) is 3. The summed E-state index contributed by atoms with van der Waals surface area (Å²) in [5.74, 6) is -1.37. The molecule has 2 aromatic rings. The second-order valence-electron chi connectivity index (χ2n) is 7.13. The number of nitrogens with one attached hydrogen (secondary N) is 1. The van der Waals surface area contributed by atoms with Gasteiger partial charge in [0.2, 0.25) is 20.2 Å². The van der Waals surface area contributed by atoms with Crippen LogP contribution in [-0.4, -0.2) is 47.1 Å². The van der Waals surface area contributed by atoms with Crippen LogP contribution in [-0.2, 0) is 14.6 Å². The molecule has 11 heteroatoms. The molecule has 33 heavy (non-hydrogen) atoms. The van der Waals surface area contributed by atoms with E-state index < -0.39 is 21.7 Å². The number of carbonyl (C=O) groups is 2. The monoisotopic (exact) mass is 482 g/mol. The molecule has 0 saturated heterocycles. The van der Waals surface area contributed by atoms with Crippen LogP contribution in [0.25, 0.3) is 6.08 Å². The van der Waals surface area contributed by atoms with E-state index in [9.17, 15) is 18.0 Å². The minimum atomic E-state index is -3.71. The average Bonchev–Trinajstić information content (AvgIpc) is 3.23. The van der Waals surface area contributed by atoms with Crippen molar-refractivity contribution >= 4 is 55.9 Å². The number of hydrogen-bond acceptors (Lipinski definition) is 8. The number of rotatable bonds is 4. The Morgan fingerprint density at radius 2 is 1.82 bits per heavy atom. The van der Waals surface area contributed by atoms with Gasteiger partial charge in [0, 0.05) is 0 Å². The number of carbonyl (C=O) groups excluding carboxylic acids is 2. The zero-order valence-corrected chi connectivity index (χ0v) is 19.2. The molecule has 0 aromatic heterocycles. The van der Waals surface area contributed by atoms with E-state index in [1.54, 1.807) is 36.4 Å². The van der Waals surface area contributed by atoms with Crippen LogP contribution in [0.4, 0.5) is 0 Å². The van der Waals surface area contributed by atoms with Crippen molar-refractivity contribution in [3.05, 3.63) is 70.8 Å². The van der Waals surface area contributed by atoms with E-state index in [4.69, 9.17) is 10.1 Å². The molecule has 4 rings (SSSR count). The highest BCUT2D eigenvalue weighted by Crippen LogP contribution is 2.30. The Bertz CT molecular complexity index is 1360. The Hall–Kier alpha value is -3.57. The lowest BCUT2D eigenvalue weighted by Crippen LogP contribution is -2.45. The molecule has 2 aliphatic rings. The number of amides is 1. The van der Waals surface area contributed by atoms with E-state index in [1.807, 2.05) is 19.1 Å².